The Labute approximate surface area is 105 Å². The molecule has 2 rings (SSSR count). The van der Waals surface area contributed by atoms with E-state index in [1.807, 2.05) is 0 Å². The number of hydrogen-bond donors (Lipinski definition) is 2. The number of anilines is 1. The highest BCUT2D eigenvalue weighted by molar-refractivity contribution is 7.90. The molecule has 0 radical (unpaired) electrons. The molecular weight excluding hydrogens is 258 g/mol. The standard InChI is InChI=1S/C9H15N5O3S/c15-7-8-2-1-5-14(6-8)18(16,17)13-9-10-3-4-11-12-9/h3-4,8,15H,1-2,5-7H2,(H,10,12,13). The molecule has 8 nitrogen and oxygen atoms in total. The fourth-order valence-corrected chi connectivity index (χ4v) is 3.10. The van der Waals surface area contributed by atoms with Crippen LogP contribution < -0.4 is 4.72 Å². The third-order valence-electron chi connectivity index (χ3n) is 2.78. The molecule has 0 bridgehead atoms. The maximum atomic E-state index is 12.0. The van der Waals surface area contributed by atoms with Crippen molar-refractivity contribution >= 4 is 16.2 Å². The fourth-order valence-electron chi connectivity index (χ4n) is 1.87. The highest BCUT2D eigenvalue weighted by Crippen LogP contribution is 2.19. The Kier molecular flexibility index (Phi) is 4.04. The van der Waals surface area contributed by atoms with Crippen LogP contribution in [-0.2, 0) is 10.2 Å². The van der Waals surface area contributed by atoms with Crippen LogP contribution in [0, 0.1) is 5.92 Å². The smallest absolute Gasteiger partial charge is 0.304 e. The van der Waals surface area contributed by atoms with Crippen molar-refractivity contribution in [1.29, 1.82) is 0 Å². The summed E-state index contributed by atoms with van der Waals surface area (Å²) in [6.45, 7) is 0.744. The van der Waals surface area contributed by atoms with E-state index >= 15 is 0 Å². The molecule has 0 saturated carbocycles. The molecule has 0 aromatic carbocycles. The molecule has 1 saturated heterocycles. The lowest BCUT2D eigenvalue weighted by Gasteiger charge is -2.30. The minimum Gasteiger partial charge on any atom is -0.396 e. The molecule has 1 aromatic heterocycles. The van der Waals surface area contributed by atoms with E-state index in [-0.39, 0.29) is 18.5 Å². The van der Waals surface area contributed by atoms with E-state index in [9.17, 15) is 8.42 Å². The van der Waals surface area contributed by atoms with Crippen molar-refractivity contribution in [2.75, 3.05) is 24.4 Å². The zero-order valence-electron chi connectivity index (χ0n) is 9.73. The second-order valence-electron chi connectivity index (χ2n) is 4.12. The van der Waals surface area contributed by atoms with Gasteiger partial charge in [-0.3, -0.25) is 0 Å². The number of nitrogens with one attached hydrogen (secondary N) is 1. The molecule has 0 amide bonds. The number of nitrogens with zero attached hydrogens (tertiary/aromatic N) is 4. The van der Waals surface area contributed by atoms with Crippen LogP contribution in [0.3, 0.4) is 0 Å². The van der Waals surface area contributed by atoms with Gasteiger partial charge in [-0.15, -0.1) is 5.10 Å². The monoisotopic (exact) mass is 273 g/mol. The first-order valence-corrected chi connectivity index (χ1v) is 7.08. The summed E-state index contributed by atoms with van der Waals surface area (Å²) >= 11 is 0. The van der Waals surface area contributed by atoms with Gasteiger partial charge in [0.25, 0.3) is 5.95 Å². The third-order valence-corrected chi connectivity index (χ3v) is 4.23. The second kappa shape index (κ2) is 5.55. The van der Waals surface area contributed by atoms with Gasteiger partial charge in [-0.05, 0) is 18.8 Å². The molecule has 1 atom stereocenters. The predicted molar refractivity (Wildman–Crippen MR) is 63.8 cm³/mol. The SMILES string of the molecule is O=S(=O)(Nc1nccnn1)N1CCCC(CO)C1. The second-order valence-corrected chi connectivity index (χ2v) is 5.79. The van der Waals surface area contributed by atoms with Crippen LogP contribution in [0.15, 0.2) is 12.4 Å². The average molecular weight is 273 g/mol. The quantitative estimate of drug-likeness (QED) is 0.746. The zero-order chi connectivity index (χ0) is 13.0. The molecule has 100 valence electrons. The molecule has 1 aliphatic heterocycles. The topological polar surface area (TPSA) is 108 Å². The Morgan fingerprint density at radius 3 is 3.00 bits per heavy atom. The van der Waals surface area contributed by atoms with E-state index in [1.54, 1.807) is 0 Å². The Bertz CT molecular complexity index is 480. The molecule has 2 heterocycles. The maximum absolute atomic E-state index is 12.0. The zero-order valence-corrected chi connectivity index (χ0v) is 10.5. The minimum absolute atomic E-state index is 0.00455. The normalized spacial score (nSPS) is 21.7. The van der Waals surface area contributed by atoms with Crippen LogP contribution in [0.4, 0.5) is 5.95 Å². The summed E-state index contributed by atoms with van der Waals surface area (Å²) in [5.74, 6) is -0.0613. The molecule has 1 aromatic rings. The van der Waals surface area contributed by atoms with Gasteiger partial charge in [0.1, 0.15) is 0 Å². The van der Waals surface area contributed by atoms with Gasteiger partial charge in [0.05, 0.1) is 12.4 Å². The van der Waals surface area contributed by atoms with E-state index in [0.29, 0.717) is 13.1 Å². The van der Waals surface area contributed by atoms with Gasteiger partial charge in [0.2, 0.25) is 0 Å². The third kappa shape index (κ3) is 3.12. The van der Waals surface area contributed by atoms with Crippen molar-refractivity contribution in [3.05, 3.63) is 12.4 Å². The highest BCUT2D eigenvalue weighted by Gasteiger charge is 2.29. The van der Waals surface area contributed by atoms with Crippen molar-refractivity contribution in [3.8, 4) is 0 Å². The van der Waals surface area contributed by atoms with Crippen molar-refractivity contribution in [2.24, 2.45) is 5.92 Å². The summed E-state index contributed by atoms with van der Waals surface area (Å²) in [5.41, 5.74) is 0. The number of aliphatic hydroxyl groups is 1. The fraction of sp³-hybridized carbons (Fsp3) is 0.667. The lowest BCUT2D eigenvalue weighted by Crippen LogP contribution is -2.43. The highest BCUT2D eigenvalue weighted by atomic mass is 32.2. The summed E-state index contributed by atoms with van der Waals surface area (Å²) < 4.78 is 27.6. The van der Waals surface area contributed by atoms with Gasteiger partial charge >= 0.3 is 10.2 Å². The molecule has 9 heteroatoms. The molecular formula is C9H15N5O3S. The van der Waals surface area contributed by atoms with Crippen molar-refractivity contribution in [3.63, 3.8) is 0 Å². The molecule has 1 aliphatic rings. The molecule has 18 heavy (non-hydrogen) atoms. The van der Waals surface area contributed by atoms with Gasteiger partial charge in [-0.25, -0.2) is 9.71 Å². The van der Waals surface area contributed by atoms with Crippen molar-refractivity contribution in [2.45, 2.75) is 12.8 Å². The van der Waals surface area contributed by atoms with E-state index in [1.165, 1.54) is 16.7 Å². The molecule has 0 aliphatic carbocycles. The Morgan fingerprint density at radius 1 is 1.50 bits per heavy atom. The number of rotatable bonds is 4. The minimum atomic E-state index is -3.67. The van der Waals surface area contributed by atoms with Crippen LogP contribution in [0.5, 0.6) is 0 Å². The van der Waals surface area contributed by atoms with Gasteiger partial charge < -0.3 is 5.11 Å². The number of piperidine rings is 1. The van der Waals surface area contributed by atoms with Crippen molar-refractivity contribution < 1.29 is 13.5 Å². The first-order chi connectivity index (χ1) is 8.62. The van der Waals surface area contributed by atoms with Crippen LogP contribution in [0.2, 0.25) is 0 Å². The van der Waals surface area contributed by atoms with Gasteiger partial charge in [0, 0.05) is 19.7 Å². The van der Waals surface area contributed by atoms with Crippen LogP contribution in [-0.4, -0.2) is 52.7 Å². The summed E-state index contributed by atoms with van der Waals surface area (Å²) in [6, 6.07) is 0. The number of hydrogen-bond acceptors (Lipinski definition) is 6. The Hall–Kier alpha value is -1.32. The van der Waals surface area contributed by atoms with Crippen LogP contribution in [0.25, 0.3) is 0 Å². The van der Waals surface area contributed by atoms with E-state index in [4.69, 9.17) is 5.11 Å². The van der Waals surface area contributed by atoms with Gasteiger partial charge in [-0.2, -0.15) is 17.8 Å². The molecule has 0 spiro atoms. The first kappa shape index (κ1) is 13.1. The van der Waals surface area contributed by atoms with Crippen LogP contribution >= 0.6 is 0 Å². The largest absolute Gasteiger partial charge is 0.396 e. The number of aromatic nitrogens is 3. The lowest BCUT2D eigenvalue weighted by molar-refractivity contribution is 0.166. The Balaban J connectivity index is 2.06. The van der Waals surface area contributed by atoms with Crippen molar-refractivity contribution in [1.82, 2.24) is 19.5 Å². The van der Waals surface area contributed by atoms with Gasteiger partial charge in [0.15, 0.2) is 0 Å². The summed E-state index contributed by atoms with van der Waals surface area (Å²) in [4.78, 5) is 3.76. The Morgan fingerprint density at radius 2 is 2.33 bits per heavy atom. The van der Waals surface area contributed by atoms with E-state index in [2.05, 4.69) is 19.9 Å². The van der Waals surface area contributed by atoms with Gasteiger partial charge in [-0.1, -0.05) is 0 Å². The predicted octanol–water partition coefficient (Wildman–Crippen LogP) is -0.767. The lowest BCUT2D eigenvalue weighted by atomic mass is 10.0. The molecule has 1 fully saturated rings. The molecule has 1 unspecified atom stereocenters. The summed E-state index contributed by atoms with van der Waals surface area (Å²) in [5, 5.41) is 16.2. The van der Waals surface area contributed by atoms with E-state index in [0.717, 1.165) is 12.8 Å². The summed E-state index contributed by atoms with van der Waals surface area (Å²) in [6.07, 6.45) is 4.30. The van der Waals surface area contributed by atoms with Crippen LogP contribution in [0.1, 0.15) is 12.8 Å². The first-order valence-electron chi connectivity index (χ1n) is 5.64. The summed E-state index contributed by atoms with van der Waals surface area (Å²) in [7, 11) is -3.67. The number of aliphatic hydroxyl groups excluding tert-OH is 1. The average Bonchev–Trinajstić information content (AvgIpc) is 2.39. The maximum Gasteiger partial charge on any atom is 0.304 e. The molecule has 2 N–H and O–H groups in total. The van der Waals surface area contributed by atoms with E-state index < -0.39 is 10.2 Å².